The van der Waals surface area contributed by atoms with Crippen LogP contribution in [0, 0.1) is 5.41 Å². The van der Waals surface area contributed by atoms with Gasteiger partial charge in [-0.1, -0.05) is 13.3 Å². The van der Waals surface area contributed by atoms with Crippen molar-refractivity contribution in [2.24, 2.45) is 5.41 Å². The Morgan fingerprint density at radius 2 is 2.28 bits per heavy atom. The smallest absolute Gasteiger partial charge is 0.227 e. The first-order valence-electron chi connectivity index (χ1n) is 7.37. The Labute approximate surface area is 110 Å². The van der Waals surface area contributed by atoms with Crippen LogP contribution in [-0.4, -0.2) is 50.1 Å². The van der Waals surface area contributed by atoms with Crippen LogP contribution in [0.2, 0.25) is 0 Å². The lowest BCUT2D eigenvalue weighted by atomic mass is 9.81. The summed E-state index contributed by atoms with van der Waals surface area (Å²) in [7, 11) is 2.16. The third-order valence-corrected chi connectivity index (χ3v) is 4.37. The number of nitrogens with one attached hydrogen (secondary N) is 2. The molecule has 0 spiro atoms. The van der Waals surface area contributed by atoms with Gasteiger partial charge in [-0.15, -0.1) is 0 Å². The van der Waals surface area contributed by atoms with Gasteiger partial charge < -0.3 is 15.5 Å². The van der Waals surface area contributed by atoms with Crippen molar-refractivity contribution >= 4 is 5.91 Å². The standard InChI is InChI=1S/C14H27N3O/c1-3-6-14(7-8-15-11-14)13(18)16-9-10-17(2)12-4-5-12/h12,15H,3-11H2,1-2H3,(H,16,18). The molecule has 0 radical (unpaired) electrons. The zero-order valence-corrected chi connectivity index (χ0v) is 11.8. The summed E-state index contributed by atoms with van der Waals surface area (Å²) in [5, 5.41) is 6.48. The van der Waals surface area contributed by atoms with Gasteiger partial charge in [0, 0.05) is 25.7 Å². The van der Waals surface area contributed by atoms with Crippen LogP contribution in [0.5, 0.6) is 0 Å². The number of hydrogen-bond acceptors (Lipinski definition) is 3. The van der Waals surface area contributed by atoms with Gasteiger partial charge in [0.2, 0.25) is 5.91 Å². The van der Waals surface area contributed by atoms with Crippen molar-refractivity contribution in [2.45, 2.75) is 45.1 Å². The predicted molar refractivity (Wildman–Crippen MR) is 73.5 cm³/mol. The minimum absolute atomic E-state index is 0.132. The molecule has 1 atom stereocenters. The van der Waals surface area contributed by atoms with E-state index in [2.05, 4.69) is 29.5 Å². The third kappa shape index (κ3) is 3.23. The maximum atomic E-state index is 12.4. The zero-order valence-electron chi connectivity index (χ0n) is 11.8. The highest BCUT2D eigenvalue weighted by atomic mass is 16.2. The fourth-order valence-electron chi connectivity index (χ4n) is 2.97. The van der Waals surface area contributed by atoms with Gasteiger partial charge in [0.15, 0.2) is 0 Å². The normalized spacial score (nSPS) is 27.7. The minimum Gasteiger partial charge on any atom is -0.354 e. The quantitative estimate of drug-likeness (QED) is 0.711. The van der Waals surface area contributed by atoms with Gasteiger partial charge in [-0.2, -0.15) is 0 Å². The van der Waals surface area contributed by atoms with Crippen LogP contribution in [0.25, 0.3) is 0 Å². The topological polar surface area (TPSA) is 44.4 Å². The molecule has 2 N–H and O–H groups in total. The Kier molecular flexibility index (Phi) is 4.62. The SMILES string of the molecule is CCCC1(C(=O)NCCN(C)C2CC2)CCNC1. The molecule has 1 unspecified atom stereocenters. The van der Waals surface area contributed by atoms with E-state index in [0.29, 0.717) is 0 Å². The largest absolute Gasteiger partial charge is 0.354 e. The summed E-state index contributed by atoms with van der Waals surface area (Å²) >= 11 is 0. The molecule has 1 aliphatic carbocycles. The molecular formula is C14H27N3O. The lowest BCUT2D eigenvalue weighted by Crippen LogP contribution is -2.44. The van der Waals surface area contributed by atoms with Crippen molar-refractivity contribution in [2.75, 3.05) is 33.2 Å². The third-order valence-electron chi connectivity index (χ3n) is 4.37. The number of nitrogens with zero attached hydrogens (tertiary/aromatic N) is 1. The lowest BCUT2D eigenvalue weighted by Gasteiger charge is -2.27. The lowest BCUT2D eigenvalue weighted by molar-refractivity contribution is -0.130. The van der Waals surface area contributed by atoms with E-state index in [-0.39, 0.29) is 11.3 Å². The predicted octanol–water partition coefficient (Wildman–Crippen LogP) is 0.977. The van der Waals surface area contributed by atoms with Crippen LogP contribution in [0.1, 0.15) is 39.0 Å². The van der Waals surface area contributed by atoms with E-state index in [0.717, 1.165) is 51.5 Å². The van der Waals surface area contributed by atoms with Gasteiger partial charge >= 0.3 is 0 Å². The van der Waals surface area contributed by atoms with Crippen molar-refractivity contribution in [3.05, 3.63) is 0 Å². The van der Waals surface area contributed by atoms with Crippen LogP contribution >= 0.6 is 0 Å². The highest BCUT2D eigenvalue weighted by Crippen LogP contribution is 2.31. The average Bonchev–Trinajstić information content (AvgIpc) is 3.10. The van der Waals surface area contributed by atoms with E-state index >= 15 is 0 Å². The molecule has 2 rings (SSSR count). The fraction of sp³-hybridized carbons (Fsp3) is 0.929. The molecule has 0 aromatic carbocycles. The minimum atomic E-state index is -0.132. The van der Waals surface area contributed by atoms with Crippen molar-refractivity contribution < 1.29 is 4.79 Å². The van der Waals surface area contributed by atoms with E-state index in [1.807, 2.05) is 0 Å². The molecule has 1 saturated heterocycles. The van der Waals surface area contributed by atoms with Crippen LogP contribution in [0.4, 0.5) is 0 Å². The van der Waals surface area contributed by atoms with E-state index in [1.165, 1.54) is 12.8 Å². The molecule has 0 bridgehead atoms. The summed E-state index contributed by atoms with van der Waals surface area (Å²) in [5.41, 5.74) is -0.132. The number of amides is 1. The molecule has 1 saturated carbocycles. The highest BCUT2D eigenvalue weighted by molar-refractivity contribution is 5.83. The summed E-state index contributed by atoms with van der Waals surface area (Å²) in [6.45, 7) is 5.76. The summed E-state index contributed by atoms with van der Waals surface area (Å²) < 4.78 is 0. The summed E-state index contributed by atoms with van der Waals surface area (Å²) in [6.07, 6.45) is 5.73. The second-order valence-electron chi connectivity index (χ2n) is 5.92. The van der Waals surface area contributed by atoms with Crippen LogP contribution < -0.4 is 10.6 Å². The Hall–Kier alpha value is -0.610. The molecule has 2 aliphatic rings. The van der Waals surface area contributed by atoms with E-state index in [4.69, 9.17) is 0 Å². The van der Waals surface area contributed by atoms with Crippen molar-refractivity contribution in [1.29, 1.82) is 0 Å². The van der Waals surface area contributed by atoms with Gasteiger partial charge in [0.1, 0.15) is 0 Å². The summed E-state index contributed by atoms with van der Waals surface area (Å²) in [6, 6.07) is 0.777. The van der Waals surface area contributed by atoms with E-state index < -0.39 is 0 Å². The maximum Gasteiger partial charge on any atom is 0.227 e. The Bertz CT molecular complexity index is 283. The molecule has 18 heavy (non-hydrogen) atoms. The second-order valence-corrected chi connectivity index (χ2v) is 5.92. The number of carbonyl (C=O) groups is 1. The first-order chi connectivity index (χ1) is 8.68. The molecule has 0 aromatic heterocycles. The monoisotopic (exact) mass is 253 g/mol. The van der Waals surface area contributed by atoms with E-state index in [1.54, 1.807) is 0 Å². The van der Waals surface area contributed by atoms with Crippen molar-refractivity contribution in [3.8, 4) is 0 Å². The fourth-order valence-corrected chi connectivity index (χ4v) is 2.97. The van der Waals surface area contributed by atoms with Gasteiger partial charge in [-0.3, -0.25) is 4.79 Å². The summed E-state index contributed by atoms with van der Waals surface area (Å²) in [4.78, 5) is 14.7. The van der Waals surface area contributed by atoms with Gasteiger partial charge in [0.25, 0.3) is 0 Å². The molecule has 4 heteroatoms. The van der Waals surface area contributed by atoms with Crippen LogP contribution in [0.15, 0.2) is 0 Å². The van der Waals surface area contributed by atoms with Crippen LogP contribution in [-0.2, 0) is 4.79 Å². The number of rotatable bonds is 7. The maximum absolute atomic E-state index is 12.4. The van der Waals surface area contributed by atoms with Gasteiger partial charge in [0.05, 0.1) is 5.41 Å². The molecule has 104 valence electrons. The second kappa shape index (κ2) is 6.02. The number of carbonyl (C=O) groups excluding carboxylic acids is 1. The van der Waals surface area contributed by atoms with E-state index in [9.17, 15) is 4.79 Å². The van der Waals surface area contributed by atoms with Gasteiger partial charge in [-0.05, 0) is 39.3 Å². The van der Waals surface area contributed by atoms with Crippen LogP contribution in [0.3, 0.4) is 0 Å². The van der Waals surface area contributed by atoms with Gasteiger partial charge in [-0.25, -0.2) is 0 Å². The average molecular weight is 253 g/mol. The first kappa shape index (κ1) is 13.8. The molecular weight excluding hydrogens is 226 g/mol. The van der Waals surface area contributed by atoms with Crippen molar-refractivity contribution in [3.63, 3.8) is 0 Å². The summed E-state index contributed by atoms with van der Waals surface area (Å²) in [5.74, 6) is 0.263. The Balaban J connectivity index is 1.74. The molecule has 1 amide bonds. The number of hydrogen-bond donors (Lipinski definition) is 2. The molecule has 2 fully saturated rings. The molecule has 1 aliphatic heterocycles. The Morgan fingerprint density at radius 1 is 1.50 bits per heavy atom. The number of likely N-dealkylation sites (N-methyl/N-ethyl adjacent to an activating group) is 1. The Morgan fingerprint density at radius 3 is 2.83 bits per heavy atom. The molecule has 0 aromatic rings. The first-order valence-corrected chi connectivity index (χ1v) is 7.37. The zero-order chi connectivity index (χ0) is 13.0. The molecule has 1 heterocycles. The highest BCUT2D eigenvalue weighted by Gasteiger charge is 2.40. The van der Waals surface area contributed by atoms with Crippen molar-refractivity contribution in [1.82, 2.24) is 15.5 Å². The molecule has 4 nitrogen and oxygen atoms in total.